The molecule has 5 nitrogen and oxygen atoms in total. The molecule has 0 saturated carbocycles. The fraction of sp³-hybridized carbons (Fsp3) is 0.238. The summed E-state index contributed by atoms with van der Waals surface area (Å²) in [6.45, 7) is 2.73. The Kier molecular flexibility index (Phi) is 8.56. The Morgan fingerprint density at radius 3 is 2.59 bits per heavy atom. The molecule has 1 aromatic heterocycles. The number of aliphatic imine (C=N–C) groups is 1. The van der Waals surface area contributed by atoms with Gasteiger partial charge in [-0.1, -0.05) is 31.2 Å². The van der Waals surface area contributed by atoms with E-state index >= 15 is 0 Å². The Balaban J connectivity index is 0.00000300. The van der Waals surface area contributed by atoms with Crippen molar-refractivity contribution >= 4 is 29.9 Å². The Bertz CT molecular complexity index is 947. The molecule has 154 valence electrons. The van der Waals surface area contributed by atoms with E-state index in [1.54, 1.807) is 13.3 Å². The zero-order valence-corrected chi connectivity index (χ0v) is 18.5. The molecule has 2 aromatic carbocycles. The summed E-state index contributed by atoms with van der Waals surface area (Å²) in [5, 5.41) is 6.28. The van der Waals surface area contributed by atoms with Crippen molar-refractivity contribution in [1.82, 2.24) is 15.6 Å². The van der Waals surface area contributed by atoms with E-state index in [1.807, 2.05) is 37.3 Å². The van der Waals surface area contributed by atoms with Crippen molar-refractivity contribution in [3.05, 3.63) is 77.7 Å². The van der Waals surface area contributed by atoms with Crippen LogP contribution in [0.3, 0.4) is 0 Å². The molecule has 29 heavy (non-hydrogen) atoms. The molecule has 0 spiro atoms. The highest BCUT2D eigenvalue weighted by Crippen LogP contribution is 2.19. The Morgan fingerprint density at radius 1 is 1.14 bits per heavy atom. The van der Waals surface area contributed by atoms with Gasteiger partial charge in [-0.05, 0) is 23.8 Å². The van der Waals surface area contributed by atoms with Crippen LogP contribution < -0.4 is 10.6 Å². The van der Waals surface area contributed by atoms with E-state index in [4.69, 9.17) is 4.42 Å². The average Bonchev–Trinajstić information content (AvgIpc) is 3.17. The fourth-order valence-electron chi connectivity index (χ4n) is 2.76. The zero-order valence-electron chi connectivity index (χ0n) is 16.2. The monoisotopic (exact) mass is 512 g/mol. The van der Waals surface area contributed by atoms with E-state index in [9.17, 15) is 8.78 Å². The summed E-state index contributed by atoms with van der Waals surface area (Å²) in [5.41, 5.74) is 2.10. The molecule has 1 unspecified atom stereocenters. The molecule has 2 N–H and O–H groups in total. The van der Waals surface area contributed by atoms with E-state index < -0.39 is 11.6 Å². The van der Waals surface area contributed by atoms with Gasteiger partial charge >= 0.3 is 0 Å². The third-order valence-electron chi connectivity index (χ3n) is 4.30. The lowest BCUT2D eigenvalue weighted by Crippen LogP contribution is -2.38. The van der Waals surface area contributed by atoms with Crippen LogP contribution in [0.4, 0.5) is 8.78 Å². The molecular formula is C21H23F2IN4O. The van der Waals surface area contributed by atoms with Crippen molar-refractivity contribution in [1.29, 1.82) is 0 Å². The molecule has 0 radical (unpaired) electrons. The van der Waals surface area contributed by atoms with Crippen LogP contribution in [0, 0.1) is 11.6 Å². The summed E-state index contributed by atoms with van der Waals surface area (Å²) >= 11 is 0. The lowest BCUT2D eigenvalue weighted by molar-refractivity contribution is 0.555. The van der Waals surface area contributed by atoms with E-state index in [-0.39, 0.29) is 29.9 Å². The molecular weight excluding hydrogens is 489 g/mol. The van der Waals surface area contributed by atoms with Gasteiger partial charge in [0.2, 0.25) is 5.89 Å². The van der Waals surface area contributed by atoms with Gasteiger partial charge in [-0.2, -0.15) is 0 Å². The summed E-state index contributed by atoms with van der Waals surface area (Å²) < 4.78 is 32.5. The molecule has 1 atom stereocenters. The van der Waals surface area contributed by atoms with Crippen LogP contribution in [-0.4, -0.2) is 24.5 Å². The van der Waals surface area contributed by atoms with Gasteiger partial charge in [0.25, 0.3) is 0 Å². The lowest BCUT2D eigenvalue weighted by Gasteiger charge is -2.16. The van der Waals surface area contributed by atoms with Crippen LogP contribution in [0.25, 0.3) is 11.5 Å². The van der Waals surface area contributed by atoms with Gasteiger partial charge in [-0.25, -0.2) is 13.8 Å². The zero-order chi connectivity index (χ0) is 19.9. The van der Waals surface area contributed by atoms with Crippen LogP contribution in [0.15, 0.2) is 64.2 Å². The molecule has 3 aromatic rings. The highest BCUT2D eigenvalue weighted by atomic mass is 127. The fourth-order valence-corrected chi connectivity index (χ4v) is 2.76. The van der Waals surface area contributed by atoms with E-state index in [2.05, 4.69) is 20.6 Å². The second kappa shape index (κ2) is 10.9. The normalized spacial score (nSPS) is 12.2. The first-order valence-electron chi connectivity index (χ1n) is 8.96. The van der Waals surface area contributed by atoms with Gasteiger partial charge in [0.1, 0.15) is 17.9 Å². The van der Waals surface area contributed by atoms with Gasteiger partial charge in [0.15, 0.2) is 5.96 Å². The molecule has 1 heterocycles. The van der Waals surface area contributed by atoms with Crippen LogP contribution in [-0.2, 0) is 6.54 Å². The number of oxazole rings is 1. The minimum Gasteiger partial charge on any atom is -0.444 e. The smallest absolute Gasteiger partial charge is 0.226 e. The van der Waals surface area contributed by atoms with E-state index in [0.717, 1.165) is 17.3 Å². The number of nitrogens with one attached hydrogen (secondary N) is 2. The van der Waals surface area contributed by atoms with E-state index in [1.165, 1.54) is 12.1 Å². The predicted molar refractivity (Wildman–Crippen MR) is 120 cm³/mol. The topological polar surface area (TPSA) is 62.5 Å². The number of benzene rings is 2. The van der Waals surface area contributed by atoms with Gasteiger partial charge < -0.3 is 15.1 Å². The van der Waals surface area contributed by atoms with Crippen molar-refractivity contribution < 1.29 is 13.2 Å². The Morgan fingerprint density at radius 2 is 1.90 bits per heavy atom. The molecule has 0 aliphatic rings. The van der Waals surface area contributed by atoms with Crippen LogP contribution in [0.5, 0.6) is 0 Å². The van der Waals surface area contributed by atoms with Crippen LogP contribution in [0.2, 0.25) is 0 Å². The quantitative estimate of drug-likeness (QED) is 0.286. The minimum atomic E-state index is -0.582. The standard InChI is InChI=1S/C21H22F2N4O.HI/c1-14(18-9-8-16(22)10-19(18)23)11-25-21(24-2)26-12-17-13-28-20(27-17)15-6-4-3-5-7-15;/h3-10,13-14H,11-12H2,1-2H3,(H2,24,25,26);1H. The molecule has 0 aliphatic heterocycles. The predicted octanol–water partition coefficient (Wildman–Crippen LogP) is 4.71. The summed E-state index contributed by atoms with van der Waals surface area (Å²) in [5.74, 6) is -0.176. The van der Waals surface area contributed by atoms with Gasteiger partial charge in [-0.15, -0.1) is 24.0 Å². The van der Waals surface area contributed by atoms with Crippen LogP contribution in [0.1, 0.15) is 24.1 Å². The van der Waals surface area contributed by atoms with Crippen molar-refractivity contribution in [2.75, 3.05) is 13.6 Å². The first-order chi connectivity index (χ1) is 13.6. The molecule has 0 bridgehead atoms. The highest BCUT2D eigenvalue weighted by Gasteiger charge is 2.13. The summed E-state index contributed by atoms with van der Waals surface area (Å²) in [7, 11) is 1.65. The van der Waals surface area contributed by atoms with Crippen molar-refractivity contribution in [3.63, 3.8) is 0 Å². The molecule has 0 fully saturated rings. The molecule has 8 heteroatoms. The largest absolute Gasteiger partial charge is 0.444 e. The Labute approximate surface area is 185 Å². The Hall–Kier alpha value is -2.49. The van der Waals surface area contributed by atoms with Gasteiger partial charge in [0.05, 0.1) is 12.2 Å². The second-order valence-corrected chi connectivity index (χ2v) is 6.38. The summed E-state index contributed by atoms with van der Waals surface area (Å²) in [4.78, 5) is 8.60. The van der Waals surface area contributed by atoms with Gasteiger partial charge in [-0.3, -0.25) is 4.99 Å². The highest BCUT2D eigenvalue weighted by molar-refractivity contribution is 14.0. The number of guanidine groups is 1. The maximum absolute atomic E-state index is 13.9. The summed E-state index contributed by atoms with van der Waals surface area (Å²) in [6, 6.07) is 13.3. The second-order valence-electron chi connectivity index (χ2n) is 6.38. The molecule has 0 aliphatic carbocycles. The SMILES string of the molecule is CN=C(NCc1coc(-c2ccccc2)n1)NCC(C)c1ccc(F)cc1F.I. The number of halogens is 3. The maximum atomic E-state index is 13.9. The number of nitrogens with zero attached hydrogens (tertiary/aromatic N) is 2. The molecule has 0 saturated heterocycles. The van der Waals surface area contributed by atoms with Crippen molar-refractivity contribution in [2.45, 2.75) is 19.4 Å². The number of hydrogen-bond donors (Lipinski definition) is 2. The van der Waals surface area contributed by atoms with Gasteiger partial charge in [0, 0.05) is 31.1 Å². The first kappa shape index (κ1) is 22.8. The maximum Gasteiger partial charge on any atom is 0.226 e. The van der Waals surface area contributed by atoms with E-state index in [0.29, 0.717) is 30.5 Å². The number of aromatic nitrogens is 1. The van der Waals surface area contributed by atoms with Crippen molar-refractivity contribution in [3.8, 4) is 11.5 Å². The molecule has 3 rings (SSSR count). The third kappa shape index (κ3) is 6.25. The molecule has 0 amide bonds. The lowest BCUT2D eigenvalue weighted by atomic mass is 10.0. The average molecular weight is 512 g/mol. The first-order valence-corrected chi connectivity index (χ1v) is 8.96. The van der Waals surface area contributed by atoms with Crippen molar-refractivity contribution in [2.24, 2.45) is 4.99 Å². The third-order valence-corrected chi connectivity index (χ3v) is 4.30. The minimum absolute atomic E-state index is 0. The van der Waals surface area contributed by atoms with Crippen LogP contribution >= 0.6 is 24.0 Å². The number of rotatable bonds is 6. The number of hydrogen-bond acceptors (Lipinski definition) is 3. The summed E-state index contributed by atoms with van der Waals surface area (Å²) in [6.07, 6.45) is 1.60.